The van der Waals surface area contributed by atoms with Gasteiger partial charge in [-0.1, -0.05) is 42.2 Å². The van der Waals surface area contributed by atoms with E-state index in [1.165, 1.54) is 12.1 Å². The molecule has 2 bridgehead atoms. The molecular weight excluding hydrogens is 254 g/mol. The van der Waals surface area contributed by atoms with Crippen LogP contribution in [0, 0.1) is 5.82 Å². The molecule has 3 aliphatic carbocycles. The van der Waals surface area contributed by atoms with E-state index in [-0.39, 0.29) is 24.3 Å². The third kappa shape index (κ3) is 1.32. The molecule has 0 radical (unpaired) electrons. The van der Waals surface area contributed by atoms with E-state index in [2.05, 4.69) is 0 Å². The molecule has 0 heterocycles. The molecule has 17 heavy (non-hydrogen) atoms. The zero-order valence-electron chi connectivity index (χ0n) is 8.82. The minimum atomic E-state index is -4.76. The van der Waals surface area contributed by atoms with Crippen LogP contribution in [0.5, 0.6) is 0 Å². The van der Waals surface area contributed by atoms with Crippen LogP contribution < -0.4 is 0 Å². The van der Waals surface area contributed by atoms with Gasteiger partial charge in [0.15, 0.2) is 0 Å². The highest BCUT2D eigenvalue weighted by Gasteiger charge is 2.74. The third-order valence-corrected chi connectivity index (χ3v) is 4.59. The summed E-state index contributed by atoms with van der Waals surface area (Å²) in [6.07, 6.45) is 0.433. The highest BCUT2D eigenvalue weighted by Crippen LogP contribution is 2.82. The summed E-state index contributed by atoms with van der Waals surface area (Å²) in [5.41, 5.74) is 0.347. The quantitative estimate of drug-likeness (QED) is 0.544. The lowest BCUT2D eigenvalue weighted by molar-refractivity contribution is -0.0400. The second-order valence-electron chi connectivity index (χ2n) is 5.38. The maximum absolute atomic E-state index is 13.0. The number of benzene rings is 1. The molecule has 4 rings (SSSR count). The van der Waals surface area contributed by atoms with E-state index in [1.807, 2.05) is 0 Å². The molecule has 0 amide bonds. The van der Waals surface area contributed by atoms with Gasteiger partial charge in [0.2, 0.25) is 0 Å². The standard InChI is InChI=1S/C11H9BClF4/c13-8-3-7(1-2-9(8)14)10-4-11(5-10,6-10)12(15,16)17/h1-3H,4-6H2/q-1. The Morgan fingerprint density at radius 3 is 2.18 bits per heavy atom. The molecule has 0 nitrogen and oxygen atoms in total. The van der Waals surface area contributed by atoms with Gasteiger partial charge in [-0.3, -0.25) is 0 Å². The monoisotopic (exact) mass is 263 g/mol. The molecule has 0 spiro atoms. The summed E-state index contributed by atoms with van der Waals surface area (Å²) in [4.78, 5) is 0. The lowest BCUT2D eigenvalue weighted by Gasteiger charge is -2.75. The maximum Gasteiger partial charge on any atom is 0.484 e. The van der Waals surface area contributed by atoms with Crippen LogP contribution in [0.15, 0.2) is 18.2 Å². The Morgan fingerprint density at radius 1 is 1.12 bits per heavy atom. The fourth-order valence-electron chi connectivity index (χ4n) is 3.35. The van der Waals surface area contributed by atoms with E-state index >= 15 is 0 Å². The molecule has 92 valence electrons. The van der Waals surface area contributed by atoms with Crippen molar-refractivity contribution in [1.82, 2.24) is 0 Å². The zero-order valence-corrected chi connectivity index (χ0v) is 9.58. The van der Waals surface area contributed by atoms with Crippen LogP contribution in [0.2, 0.25) is 10.3 Å². The van der Waals surface area contributed by atoms with Crippen LogP contribution in [0.1, 0.15) is 24.8 Å². The second-order valence-corrected chi connectivity index (χ2v) is 5.78. The molecule has 0 atom stereocenters. The Bertz CT molecular complexity index is 477. The van der Waals surface area contributed by atoms with Gasteiger partial charge in [0.25, 0.3) is 0 Å². The van der Waals surface area contributed by atoms with Crippen LogP contribution in [0.3, 0.4) is 0 Å². The summed E-state index contributed by atoms with van der Waals surface area (Å²) in [5, 5.41) is -1.43. The van der Waals surface area contributed by atoms with Gasteiger partial charge in [-0.05, 0) is 23.1 Å². The normalized spacial score (nSPS) is 35.1. The van der Waals surface area contributed by atoms with Gasteiger partial charge < -0.3 is 12.9 Å². The maximum atomic E-state index is 13.0. The molecule has 1 aromatic carbocycles. The number of hydrogen-bond acceptors (Lipinski definition) is 0. The minimum Gasteiger partial charge on any atom is -0.449 e. The average molecular weight is 263 g/mol. The van der Waals surface area contributed by atoms with Crippen LogP contribution >= 0.6 is 11.6 Å². The topological polar surface area (TPSA) is 0 Å². The smallest absolute Gasteiger partial charge is 0.449 e. The first-order chi connectivity index (χ1) is 7.78. The van der Waals surface area contributed by atoms with Crippen molar-refractivity contribution >= 4 is 18.6 Å². The molecule has 1 aromatic rings. The number of rotatable bonds is 2. The molecule has 3 fully saturated rings. The summed E-state index contributed by atoms with van der Waals surface area (Å²) in [6, 6.07) is 4.24. The van der Waals surface area contributed by atoms with Gasteiger partial charge >= 0.3 is 6.98 Å². The molecular formula is C11H9BClF4-. The molecule has 3 aliphatic rings. The van der Waals surface area contributed by atoms with Crippen molar-refractivity contribution in [2.24, 2.45) is 0 Å². The van der Waals surface area contributed by atoms with Crippen LogP contribution in [0.4, 0.5) is 17.3 Å². The summed E-state index contributed by atoms with van der Waals surface area (Å²) >= 11 is 5.65. The van der Waals surface area contributed by atoms with Crippen molar-refractivity contribution in [2.75, 3.05) is 0 Å². The summed E-state index contributed by atoms with van der Waals surface area (Å²) in [7, 11) is 0. The lowest BCUT2D eigenvalue weighted by atomic mass is 9.23. The second kappa shape index (κ2) is 3.00. The van der Waals surface area contributed by atoms with E-state index < -0.39 is 23.5 Å². The largest absolute Gasteiger partial charge is 0.484 e. The molecule has 6 heteroatoms. The Morgan fingerprint density at radius 2 is 1.71 bits per heavy atom. The SMILES string of the molecule is Fc1ccc(C23CC([B-](F)(F)F)(C2)C3)cc1Cl. The predicted molar refractivity (Wildman–Crippen MR) is 58.7 cm³/mol. The van der Waals surface area contributed by atoms with Crippen LogP contribution in [-0.2, 0) is 5.41 Å². The molecule has 0 N–H and O–H groups in total. The fraction of sp³-hybridized carbons (Fsp3) is 0.455. The fourth-order valence-corrected chi connectivity index (χ4v) is 3.53. The van der Waals surface area contributed by atoms with Crippen molar-refractivity contribution in [3.63, 3.8) is 0 Å². The van der Waals surface area contributed by atoms with Gasteiger partial charge in [0.1, 0.15) is 5.82 Å². The van der Waals surface area contributed by atoms with Crippen molar-refractivity contribution in [2.45, 2.75) is 30.0 Å². The van der Waals surface area contributed by atoms with Gasteiger partial charge in [-0.2, -0.15) is 0 Å². The van der Waals surface area contributed by atoms with E-state index in [9.17, 15) is 17.3 Å². The van der Waals surface area contributed by atoms with Crippen molar-refractivity contribution in [3.05, 3.63) is 34.6 Å². The van der Waals surface area contributed by atoms with Crippen LogP contribution in [-0.4, -0.2) is 6.98 Å². The first-order valence-corrected chi connectivity index (χ1v) is 5.81. The highest BCUT2D eigenvalue weighted by atomic mass is 35.5. The average Bonchev–Trinajstić information content (AvgIpc) is 2.03. The molecule has 0 aliphatic heterocycles. The Labute approximate surface area is 101 Å². The van der Waals surface area contributed by atoms with Crippen LogP contribution in [0.25, 0.3) is 0 Å². The minimum absolute atomic E-state index is 0.0150. The summed E-state index contributed by atoms with van der Waals surface area (Å²) in [6.45, 7) is -4.76. The first kappa shape index (κ1) is 11.4. The highest BCUT2D eigenvalue weighted by molar-refractivity contribution is 6.63. The third-order valence-electron chi connectivity index (χ3n) is 4.30. The van der Waals surface area contributed by atoms with Crippen molar-refractivity contribution < 1.29 is 17.3 Å². The Hall–Kier alpha value is -0.705. The summed E-state index contributed by atoms with van der Waals surface area (Å²) < 4.78 is 51.2. The van der Waals surface area contributed by atoms with Crippen molar-refractivity contribution in [1.29, 1.82) is 0 Å². The molecule has 0 unspecified atom stereocenters. The van der Waals surface area contributed by atoms with Gasteiger partial charge in [0, 0.05) is 0 Å². The van der Waals surface area contributed by atoms with Gasteiger partial charge in [-0.15, -0.1) is 0 Å². The molecule has 3 saturated carbocycles. The number of hydrogen-bond donors (Lipinski definition) is 0. The lowest BCUT2D eigenvalue weighted by Crippen LogP contribution is -2.67. The predicted octanol–water partition coefficient (Wildman–Crippen LogP) is 4.50. The molecule has 0 aromatic heterocycles. The summed E-state index contributed by atoms with van der Waals surface area (Å²) in [5.74, 6) is -0.531. The zero-order chi connectivity index (χ0) is 12.5. The van der Waals surface area contributed by atoms with E-state index in [1.54, 1.807) is 6.07 Å². The van der Waals surface area contributed by atoms with Gasteiger partial charge in [0.05, 0.1) is 5.02 Å². The van der Waals surface area contributed by atoms with Gasteiger partial charge in [-0.25, -0.2) is 4.39 Å². The van der Waals surface area contributed by atoms with E-state index in [0.29, 0.717) is 0 Å². The Kier molecular flexibility index (Phi) is 2.01. The number of halogens is 5. The van der Waals surface area contributed by atoms with E-state index in [4.69, 9.17) is 11.6 Å². The van der Waals surface area contributed by atoms with Crippen molar-refractivity contribution in [3.8, 4) is 0 Å². The Balaban J connectivity index is 1.85. The van der Waals surface area contributed by atoms with E-state index in [0.717, 1.165) is 5.56 Å². The first-order valence-electron chi connectivity index (χ1n) is 5.43. The molecule has 0 saturated heterocycles.